The molecule has 0 bridgehead atoms. The Kier molecular flexibility index (Phi) is 3.69. The van der Waals surface area contributed by atoms with Crippen LogP contribution in [0.2, 0.25) is 0 Å². The van der Waals surface area contributed by atoms with Gasteiger partial charge in [-0.25, -0.2) is 0 Å². The molecule has 5 heteroatoms. The maximum atomic E-state index is 6.42. The fourth-order valence-corrected chi connectivity index (χ4v) is 3.91. The summed E-state index contributed by atoms with van der Waals surface area (Å²) in [5.41, 5.74) is 9.76. The first-order valence-electron chi connectivity index (χ1n) is 6.17. The van der Waals surface area contributed by atoms with Crippen LogP contribution in [0.25, 0.3) is 0 Å². The normalized spacial score (nSPS) is 19.2. The van der Waals surface area contributed by atoms with Crippen molar-refractivity contribution in [1.29, 1.82) is 0 Å². The second kappa shape index (κ2) is 5.31. The number of hydrogen-bond acceptors (Lipinski definition) is 3. The van der Waals surface area contributed by atoms with Gasteiger partial charge in [0.15, 0.2) is 0 Å². The number of halogens is 2. The average Bonchev–Trinajstić information content (AvgIpc) is 2.82. The van der Waals surface area contributed by atoms with Crippen molar-refractivity contribution in [3.05, 3.63) is 56.5 Å². The van der Waals surface area contributed by atoms with E-state index in [1.807, 2.05) is 18.3 Å². The first kappa shape index (κ1) is 13.2. The summed E-state index contributed by atoms with van der Waals surface area (Å²) in [4.78, 5) is 8.95. The van der Waals surface area contributed by atoms with E-state index in [9.17, 15) is 0 Å². The van der Waals surface area contributed by atoms with Crippen LogP contribution in [-0.2, 0) is 6.42 Å². The van der Waals surface area contributed by atoms with Gasteiger partial charge in [0.2, 0.25) is 0 Å². The molecular weight excluding hydrogens is 370 g/mol. The quantitative estimate of drug-likeness (QED) is 0.860. The second-order valence-corrected chi connectivity index (χ2v) is 6.51. The highest BCUT2D eigenvalue weighted by molar-refractivity contribution is 9.11. The molecule has 0 spiro atoms. The molecule has 2 N–H and O–H groups in total. The lowest BCUT2D eigenvalue weighted by Crippen LogP contribution is -2.20. The van der Waals surface area contributed by atoms with Gasteiger partial charge in [-0.2, -0.15) is 0 Å². The molecule has 98 valence electrons. The molecule has 0 saturated carbocycles. The number of nitrogens with zero attached hydrogens (tertiary/aromatic N) is 2. The molecule has 0 fully saturated rings. The molecule has 0 aromatic carbocycles. The van der Waals surface area contributed by atoms with E-state index < -0.39 is 0 Å². The molecule has 3 rings (SSSR count). The van der Waals surface area contributed by atoms with E-state index in [2.05, 4.69) is 47.9 Å². The molecule has 0 radical (unpaired) electrons. The third-order valence-electron chi connectivity index (χ3n) is 3.59. The van der Waals surface area contributed by atoms with Crippen LogP contribution in [0.3, 0.4) is 0 Å². The van der Waals surface area contributed by atoms with E-state index in [1.165, 1.54) is 5.56 Å². The molecular formula is C14H13Br2N3. The highest BCUT2D eigenvalue weighted by atomic mass is 79.9. The van der Waals surface area contributed by atoms with Crippen molar-refractivity contribution < 1.29 is 0 Å². The molecule has 2 aromatic rings. The Labute approximate surface area is 128 Å². The largest absolute Gasteiger partial charge is 0.322 e. The topological polar surface area (TPSA) is 51.8 Å². The van der Waals surface area contributed by atoms with Gasteiger partial charge in [0.05, 0.1) is 11.7 Å². The molecule has 19 heavy (non-hydrogen) atoms. The summed E-state index contributed by atoms with van der Waals surface area (Å²) >= 11 is 6.95. The van der Waals surface area contributed by atoms with Crippen LogP contribution in [0.15, 0.2) is 39.5 Å². The zero-order valence-corrected chi connectivity index (χ0v) is 13.4. The maximum absolute atomic E-state index is 6.42. The molecule has 0 amide bonds. The number of fused-ring (bicyclic) bond motifs is 1. The van der Waals surface area contributed by atoms with Gasteiger partial charge in [-0.05, 0) is 62.4 Å². The van der Waals surface area contributed by atoms with E-state index >= 15 is 0 Å². The van der Waals surface area contributed by atoms with Gasteiger partial charge in [0.1, 0.15) is 0 Å². The summed E-state index contributed by atoms with van der Waals surface area (Å²) in [7, 11) is 0. The van der Waals surface area contributed by atoms with Crippen LogP contribution in [-0.4, -0.2) is 9.97 Å². The van der Waals surface area contributed by atoms with Gasteiger partial charge >= 0.3 is 0 Å². The van der Waals surface area contributed by atoms with E-state index in [0.29, 0.717) is 0 Å². The molecule has 0 aliphatic heterocycles. The minimum Gasteiger partial charge on any atom is -0.322 e. The van der Waals surface area contributed by atoms with Crippen molar-refractivity contribution in [2.75, 3.05) is 0 Å². The van der Waals surface area contributed by atoms with Crippen LogP contribution in [0.1, 0.15) is 35.3 Å². The van der Waals surface area contributed by atoms with Crippen LogP contribution in [0.5, 0.6) is 0 Å². The van der Waals surface area contributed by atoms with Crippen LogP contribution < -0.4 is 5.73 Å². The lowest BCUT2D eigenvalue weighted by atomic mass is 9.94. The van der Waals surface area contributed by atoms with Crippen molar-refractivity contribution in [2.24, 2.45) is 5.73 Å². The third kappa shape index (κ3) is 2.47. The van der Waals surface area contributed by atoms with Crippen LogP contribution in [0.4, 0.5) is 0 Å². The van der Waals surface area contributed by atoms with E-state index in [1.54, 1.807) is 6.20 Å². The highest BCUT2D eigenvalue weighted by Crippen LogP contribution is 2.40. The zero-order valence-electron chi connectivity index (χ0n) is 10.2. The van der Waals surface area contributed by atoms with Gasteiger partial charge in [0, 0.05) is 33.0 Å². The zero-order chi connectivity index (χ0) is 13.4. The lowest BCUT2D eigenvalue weighted by Gasteiger charge is -2.20. The molecule has 2 aromatic heterocycles. The summed E-state index contributed by atoms with van der Waals surface area (Å²) in [5.74, 6) is 0.251. The van der Waals surface area contributed by atoms with Gasteiger partial charge in [-0.15, -0.1) is 0 Å². The predicted octanol–water partition coefficient (Wildman–Crippen LogP) is 3.73. The fourth-order valence-electron chi connectivity index (χ4n) is 2.65. The second-order valence-electron chi connectivity index (χ2n) is 4.74. The maximum Gasteiger partial charge on any atom is 0.0720 e. The summed E-state index contributed by atoms with van der Waals surface area (Å²) < 4.78 is 1.89. The minimum absolute atomic E-state index is 0.126. The molecule has 2 unspecified atom stereocenters. The fraction of sp³-hybridized carbons (Fsp3) is 0.286. The van der Waals surface area contributed by atoms with Gasteiger partial charge in [0.25, 0.3) is 0 Å². The summed E-state index contributed by atoms with van der Waals surface area (Å²) in [5, 5.41) is 0. The van der Waals surface area contributed by atoms with Crippen molar-refractivity contribution >= 4 is 31.9 Å². The first-order valence-corrected chi connectivity index (χ1v) is 7.75. The lowest BCUT2D eigenvalue weighted by molar-refractivity contribution is 0.528. The Balaban J connectivity index is 1.95. The average molecular weight is 383 g/mol. The van der Waals surface area contributed by atoms with Crippen molar-refractivity contribution in [3.8, 4) is 0 Å². The molecule has 3 nitrogen and oxygen atoms in total. The Bertz CT molecular complexity index is 615. The van der Waals surface area contributed by atoms with Crippen molar-refractivity contribution in [1.82, 2.24) is 9.97 Å². The standard InChI is InChI=1S/C14H13Br2N3/c15-9-6-11(16)14(19-7-9)12(17)10-4-3-8-2-1-5-18-13(8)10/h1-2,5-7,10,12H,3-4,17H2. The smallest absolute Gasteiger partial charge is 0.0720 e. The van der Waals surface area contributed by atoms with Gasteiger partial charge in [-0.1, -0.05) is 6.07 Å². The SMILES string of the molecule is NC(c1ncc(Br)cc1Br)C1CCc2cccnc21. The predicted molar refractivity (Wildman–Crippen MR) is 81.9 cm³/mol. The van der Waals surface area contributed by atoms with Gasteiger partial charge in [-0.3, -0.25) is 9.97 Å². The number of pyridine rings is 2. The third-order valence-corrected chi connectivity index (χ3v) is 4.66. The van der Waals surface area contributed by atoms with E-state index in [-0.39, 0.29) is 12.0 Å². The van der Waals surface area contributed by atoms with E-state index in [0.717, 1.165) is 33.2 Å². The van der Waals surface area contributed by atoms with Crippen molar-refractivity contribution in [2.45, 2.75) is 24.8 Å². The number of nitrogens with two attached hydrogens (primary N) is 1. The molecule has 2 atom stereocenters. The number of aromatic nitrogens is 2. The van der Waals surface area contributed by atoms with Crippen LogP contribution >= 0.6 is 31.9 Å². The molecule has 0 saturated heterocycles. The highest BCUT2D eigenvalue weighted by Gasteiger charge is 2.31. The Hall–Kier alpha value is -0.780. The summed E-state index contributed by atoms with van der Waals surface area (Å²) in [6.07, 6.45) is 5.72. The number of rotatable bonds is 2. The first-order chi connectivity index (χ1) is 9.16. The molecule has 2 heterocycles. The Morgan fingerprint density at radius 2 is 2.16 bits per heavy atom. The minimum atomic E-state index is -0.126. The monoisotopic (exact) mass is 381 g/mol. The summed E-state index contributed by atoms with van der Waals surface area (Å²) in [6, 6.07) is 5.98. The molecule has 1 aliphatic carbocycles. The van der Waals surface area contributed by atoms with E-state index in [4.69, 9.17) is 5.73 Å². The number of aryl methyl sites for hydroxylation is 1. The Morgan fingerprint density at radius 3 is 2.95 bits per heavy atom. The molecule has 1 aliphatic rings. The van der Waals surface area contributed by atoms with Gasteiger partial charge < -0.3 is 5.73 Å². The Morgan fingerprint density at radius 1 is 1.32 bits per heavy atom. The summed E-state index contributed by atoms with van der Waals surface area (Å²) in [6.45, 7) is 0. The van der Waals surface area contributed by atoms with Crippen molar-refractivity contribution in [3.63, 3.8) is 0 Å². The van der Waals surface area contributed by atoms with Crippen LogP contribution in [0, 0.1) is 0 Å². The number of hydrogen-bond donors (Lipinski definition) is 1.